The van der Waals surface area contributed by atoms with Crippen LogP contribution in [0.1, 0.15) is 11.4 Å². The van der Waals surface area contributed by atoms with Gasteiger partial charge in [-0.2, -0.15) is 5.26 Å². The van der Waals surface area contributed by atoms with Crippen LogP contribution in [0.15, 0.2) is 34.9 Å². The quantitative estimate of drug-likeness (QED) is 0.885. The lowest BCUT2D eigenvalue weighted by Gasteiger charge is -2.36. The standard InChI is InChI=1S/C16H16BrN5O/c17-14-3-4-16(20-15(14)11-23)22-7-5-21(6-8-22)13-2-1-12(9-18)19-10-13/h1-4,10,23H,5-8,11H2. The number of nitrogens with zero attached hydrogens (tertiary/aromatic N) is 5. The third kappa shape index (κ3) is 3.44. The van der Waals surface area contributed by atoms with Crippen LogP contribution in [-0.2, 0) is 6.61 Å². The Labute approximate surface area is 143 Å². The molecule has 0 aromatic carbocycles. The molecule has 118 valence electrons. The van der Waals surface area contributed by atoms with E-state index in [1.54, 1.807) is 12.3 Å². The van der Waals surface area contributed by atoms with Crippen molar-refractivity contribution in [2.45, 2.75) is 6.61 Å². The molecule has 1 aliphatic rings. The fourth-order valence-corrected chi connectivity index (χ4v) is 2.94. The molecule has 1 fully saturated rings. The van der Waals surface area contributed by atoms with E-state index in [1.165, 1.54) is 0 Å². The monoisotopic (exact) mass is 373 g/mol. The summed E-state index contributed by atoms with van der Waals surface area (Å²) in [5, 5.41) is 18.1. The summed E-state index contributed by atoms with van der Waals surface area (Å²) in [6.07, 6.45) is 1.75. The average molecular weight is 374 g/mol. The van der Waals surface area contributed by atoms with Crippen LogP contribution in [0.4, 0.5) is 11.5 Å². The van der Waals surface area contributed by atoms with Crippen molar-refractivity contribution < 1.29 is 5.11 Å². The molecule has 0 saturated carbocycles. The van der Waals surface area contributed by atoms with Crippen molar-refractivity contribution in [2.75, 3.05) is 36.0 Å². The van der Waals surface area contributed by atoms with E-state index in [-0.39, 0.29) is 6.61 Å². The lowest BCUT2D eigenvalue weighted by Crippen LogP contribution is -2.46. The normalized spacial score (nSPS) is 14.7. The molecule has 1 aliphatic heterocycles. The highest BCUT2D eigenvalue weighted by Crippen LogP contribution is 2.22. The van der Waals surface area contributed by atoms with Crippen molar-refractivity contribution in [1.29, 1.82) is 5.26 Å². The number of nitriles is 1. The summed E-state index contributed by atoms with van der Waals surface area (Å²) in [5.74, 6) is 0.884. The van der Waals surface area contributed by atoms with Gasteiger partial charge in [-0.1, -0.05) is 0 Å². The molecule has 0 radical (unpaired) electrons. The Hall–Kier alpha value is -2.17. The number of anilines is 2. The van der Waals surface area contributed by atoms with E-state index in [1.807, 2.05) is 24.3 Å². The second kappa shape index (κ2) is 6.94. The first-order chi connectivity index (χ1) is 11.2. The third-order valence-corrected chi connectivity index (χ3v) is 4.61. The molecule has 2 aromatic heterocycles. The number of halogens is 1. The minimum Gasteiger partial charge on any atom is -0.390 e. The van der Waals surface area contributed by atoms with Crippen molar-refractivity contribution in [3.05, 3.63) is 46.3 Å². The maximum Gasteiger partial charge on any atom is 0.140 e. The van der Waals surface area contributed by atoms with E-state index in [0.29, 0.717) is 11.4 Å². The predicted octanol–water partition coefficient (Wildman–Crippen LogP) is 1.93. The topological polar surface area (TPSA) is 76.3 Å². The molecule has 0 unspecified atom stereocenters. The highest BCUT2D eigenvalue weighted by molar-refractivity contribution is 9.10. The van der Waals surface area contributed by atoms with Crippen molar-refractivity contribution >= 4 is 27.4 Å². The summed E-state index contributed by atoms with van der Waals surface area (Å²) in [6.45, 7) is 3.34. The molecule has 23 heavy (non-hydrogen) atoms. The third-order valence-electron chi connectivity index (χ3n) is 3.88. The molecule has 3 heterocycles. The predicted molar refractivity (Wildman–Crippen MR) is 91.2 cm³/mol. The summed E-state index contributed by atoms with van der Waals surface area (Å²) >= 11 is 3.39. The van der Waals surface area contributed by atoms with Crippen molar-refractivity contribution in [3.8, 4) is 6.07 Å². The lowest BCUT2D eigenvalue weighted by atomic mass is 10.2. The van der Waals surface area contributed by atoms with Crippen LogP contribution in [0.3, 0.4) is 0 Å². The molecule has 2 aromatic rings. The first kappa shape index (κ1) is 15.7. The number of aliphatic hydroxyl groups is 1. The minimum atomic E-state index is -0.0781. The molecule has 7 heteroatoms. The van der Waals surface area contributed by atoms with E-state index in [2.05, 4.69) is 35.7 Å². The van der Waals surface area contributed by atoms with Crippen LogP contribution in [0.2, 0.25) is 0 Å². The SMILES string of the molecule is N#Cc1ccc(N2CCN(c3ccc(Br)c(CO)n3)CC2)cn1. The van der Waals surface area contributed by atoms with Gasteiger partial charge in [0.2, 0.25) is 0 Å². The largest absolute Gasteiger partial charge is 0.390 e. The van der Waals surface area contributed by atoms with Gasteiger partial charge in [-0.25, -0.2) is 9.97 Å². The highest BCUT2D eigenvalue weighted by Gasteiger charge is 2.19. The smallest absolute Gasteiger partial charge is 0.140 e. The summed E-state index contributed by atoms with van der Waals surface area (Å²) < 4.78 is 0.825. The first-order valence-electron chi connectivity index (χ1n) is 7.33. The summed E-state index contributed by atoms with van der Waals surface area (Å²) in [6, 6.07) is 9.59. The van der Waals surface area contributed by atoms with E-state index in [9.17, 15) is 5.11 Å². The Morgan fingerprint density at radius 3 is 2.48 bits per heavy atom. The number of aliphatic hydroxyl groups excluding tert-OH is 1. The number of hydrogen-bond donors (Lipinski definition) is 1. The van der Waals surface area contributed by atoms with Crippen LogP contribution in [-0.4, -0.2) is 41.3 Å². The Bertz CT molecular complexity index is 720. The second-order valence-corrected chi connectivity index (χ2v) is 6.10. The Morgan fingerprint density at radius 2 is 1.87 bits per heavy atom. The number of hydrogen-bond acceptors (Lipinski definition) is 6. The highest BCUT2D eigenvalue weighted by atomic mass is 79.9. The fourth-order valence-electron chi connectivity index (χ4n) is 2.59. The van der Waals surface area contributed by atoms with Gasteiger partial charge in [0.25, 0.3) is 0 Å². The van der Waals surface area contributed by atoms with E-state index in [4.69, 9.17) is 5.26 Å². The number of piperazine rings is 1. The lowest BCUT2D eigenvalue weighted by molar-refractivity contribution is 0.276. The van der Waals surface area contributed by atoms with E-state index < -0.39 is 0 Å². The molecule has 0 spiro atoms. The Kier molecular flexibility index (Phi) is 4.74. The van der Waals surface area contributed by atoms with Crippen LogP contribution in [0.5, 0.6) is 0 Å². The van der Waals surface area contributed by atoms with Gasteiger partial charge >= 0.3 is 0 Å². The van der Waals surface area contributed by atoms with Crippen molar-refractivity contribution in [3.63, 3.8) is 0 Å². The molecular weight excluding hydrogens is 358 g/mol. The Morgan fingerprint density at radius 1 is 1.13 bits per heavy atom. The van der Waals surface area contributed by atoms with Crippen LogP contribution < -0.4 is 9.80 Å². The molecule has 0 aliphatic carbocycles. The zero-order chi connectivity index (χ0) is 16.2. The second-order valence-electron chi connectivity index (χ2n) is 5.24. The molecule has 6 nitrogen and oxygen atoms in total. The van der Waals surface area contributed by atoms with Gasteiger partial charge in [-0.05, 0) is 40.2 Å². The van der Waals surface area contributed by atoms with Crippen molar-refractivity contribution in [2.24, 2.45) is 0 Å². The molecule has 0 amide bonds. The van der Waals surface area contributed by atoms with Crippen LogP contribution in [0.25, 0.3) is 0 Å². The molecule has 1 saturated heterocycles. The molecule has 1 N–H and O–H groups in total. The number of aromatic nitrogens is 2. The van der Waals surface area contributed by atoms with Gasteiger partial charge in [-0.15, -0.1) is 0 Å². The van der Waals surface area contributed by atoms with Gasteiger partial charge in [0.05, 0.1) is 24.2 Å². The number of rotatable bonds is 3. The zero-order valence-electron chi connectivity index (χ0n) is 12.5. The van der Waals surface area contributed by atoms with Gasteiger partial charge in [0, 0.05) is 30.7 Å². The van der Waals surface area contributed by atoms with Crippen LogP contribution in [0, 0.1) is 11.3 Å². The molecule has 0 atom stereocenters. The minimum absolute atomic E-state index is 0.0781. The van der Waals surface area contributed by atoms with Gasteiger partial charge in [0.1, 0.15) is 17.6 Å². The molecular formula is C16H16BrN5O. The maximum absolute atomic E-state index is 9.33. The Balaban J connectivity index is 1.67. The summed E-state index contributed by atoms with van der Waals surface area (Å²) in [7, 11) is 0. The summed E-state index contributed by atoms with van der Waals surface area (Å²) in [5.41, 5.74) is 2.12. The fraction of sp³-hybridized carbons (Fsp3) is 0.312. The van der Waals surface area contributed by atoms with E-state index >= 15 is 0 Å². The van der Waals surface area contributed by atoms with Gasteiger partial charge in [-0.3, -0.25) is 0 Å². The van der Waals surface area contributed by atoms with E-state index in [0.717, 1.165) is 42.2 Å². The molecule has 3 rings (SSSR count). The van der Waals surface area contributed by atoms with Crippen LogP contribution >= 0.6 is 15.9 Å². The maximum atomic E-state index is 9.33. The molecule has 0 bridgehead atoms. The average Bonchev–Trinajstić information content (AvgIpc) is 2.62. The van der Waals surface area contributed by atoms with Crippen molar-refractivity contribution in [1.82, 2.24) is 9.97 Å². The van der Waals surface area contributed by atoms with Gasteiger partial charge in [0.15, 0.2) is 0 Å². The number of pyridine rings is 2. The first-order valence-corrected chi connectivity index (χ1v) is 8.13. The van der Waals surface area contributed by atoms with Gasteiger partial charge < -0.3 is 14.9 Å². The summed E-state index contributed by atoms with van der Waals surface area (Å²) in [4.78, 5) is 13.1. The zero-order valence-corrected chi connectivity index (χ0v) is 14.1.